The first-order chi connectivity index (χ1) is 5.57. The van der Waals surface area contributed by atoms with Crippen LogP contribution >= 0.6 is 34.8 Å². The van der Waals surface area contributed by atoms with E-state index < -0.39 is 0 Å². The molecule has 0 saturated heterocycles. The predicted molar refractivity (Wildman–Crippen MR) is 48.5 cm³/mol. The molecule has 5 heteroatoms. The molecule has 12 heavy (non-hydrogen) atoms. The first kappa shape index (κ1) is 9.65. The van der Waals surface area contributed by atoms with Crippen LogP contribution in [0.25, 0.3) is 0 Å². The largest absolute Gasteiger partial charge is 0.505 e. The van der Waals surface area contributed by atoms with Gasteiger partial charge in [-0.1, -0.05) is 34.8 Å². The van der Waals surface area contributed by atoms with Crippen molar-refractivity contribution in [2.24, 2.45) is 0 Å². The van der Waals surface area contributed by atoms with E-state index in [1.807, 2.05) is 0 Å². The standard InChI is InChI=1S/C7H3Cl3O2/c8-4-1-5(9)7(12)6(10)3(4)2-11/h1-2,12H. The number of phenols is 1. The zero-order chi connectivity index (χ0) is 9.30. The molecule has 0 aliphatic carbocycles. The maximum Gasteiger partial charge on any atom is 0.153 e. The normalized spacial score (nSPS) is 9.92. The van der Waals surface area contributed by atoms with Gasteiger partial charge in [0.2, 0.25) is 0 Å². The molecular weight excluding hydrogens is 222 g/mol. The van der Waals surface area contributed by atoms with Crippen LogP contribution in [0.1, 0.15) is 10.4 Å². The first-order valence-corrected chi connectivity index (χ1v) is 4.03. The maximum atomic E-state index is 10.4. The van der Waals surface area contributed by atoms with Gasteiger partial charge in [-0.25, -0.2) is 0 Å². The Hall–Kier alpha value is -0.440. The van der Waals surface area contributed by atoms with E-state index in [1.165, 1.54) is 6.07 Å². The Labute approximate surface area is 83.7 Å². The van der Waals surface area contributed by atoms with Crippen molar-refractivity contribution >= 4 is 41.1 Å². The van der Waals surface area contributed by atoms with Crippen LogP contribution in [0.5, 0.6) is 5.75 Å². The highest BCUT2D eigenvalue weighted by atomic mass is 35.5. The minimum atomic E-state index is -0.329. The molecule has 0 amide bonds. The van der Waals surface area contributed by atoms with Gasteiger partial charge in [0.1, 0.15) is 0 Å². The molecule has 0 saturated carbocycles. The van der Waals surface area contributed by atoms with Gasteiger partial charge in [0, 0.05) is 0 Å². The number of aromatic hydroxyl groups is 1. The number of hydrogen-bond acceptors (Lipinski definition) is 2. The number of rotatable bonds is 1. The van der Waals surface area contributed by atoms with Gasteiger partial charge in [-0.05, 0) is 6.07 Å². The van der Waals surface area contributed by atoms with Gasteiger partial charge in [-0.3, -0.25) is 4.79 Å². The molecule has 1 aromatic carbocycles. The van der Waals surface area contributed by atoms with E-state index in [0.717, 1.165) is 0 Å². The molecule has 0 aromatic heterocycles. The predicted octanol–water partition coefficient (Wildman–Crippen LogP) is 3.16. The van der Waals surface area contributed by atoms with Crippen molar-refractivity contribution in [1.82, 2.24) is 0 Å². The number of phenolic OH excluding ortho intramolecular Hbond substituents is 1. The number of halogens is 3. The molecule has 2 nitrogen and oxygen atoms in total. The van der Waals surface area contributed by atoms with E-state index >= 15 is 0 Å². The van der Waals surface area contributed by atoms with E-state index in [4.69, 9.17) is 39.9 Å². The zero-order valence-corrected chi connectivity index (χ0v) is 7.91. The molecule has 0 radical (unpaired) electrons. The van der Waals surface area contributed by atoms with E-state index in [0.29, 0.717) is 6.29 Å². The lowest BCUT2D eigenvalue weighted by atomic mass is 10.2. The highest BCUT2D eigenvalue weighted by Gasteiger charge is 2.12. The summed E-state index contributed by atoms with van der Waals surface area (Å²) in [4.78, 5) is 10.4. The van der Waals surface area contributed by atoms with Gasteiger partial charge in [-0.15, -0.1) is 0 Å². The summed E-state index contributed by atoms with van der Waals surface area (Å²) < 4.78 is 0. The monoisotopic (exact) mass is 224 g/mol. The van der Waals surface area contributed by atoms with E-state index in [2.05, 4.69) is 0 Å². The lowest BCUT2D eigenvalue weighted by Gasteiger charge is -2.03. The summed E-state index contributed by atoms with van der Waals surface area (Å²) in [5.41, 5.74) is 0.0419. The van der Waals surface area contributed by atoms with Crippen LogP contribution in [0, 0.1) is 0 Å². The Balaban J connectivity index is 3.51. The van der Waals surface area contributed by atoms with Crippen molar-refractivity contribution in [1.29, 1.82) is 0 Å². The van der Waals surface area contributed by atoms with Gasteiger partial charge < -0.3 is 5.11 Å². The van der Waals surface area contributed by atoms with Crippen LogP contribution in [0.15, 0.2) is 6.07 Å². The van der Waals surface area contributed by atoms with Crippen molar-refractivity contribution in [3.63, 3.8) is 0 Å². The quantitative estimate of drug-likeness (QED) is 0.746. The lowest BCUT2D eigenvalue weighted by molar-refractivity contribution is 0.112. The summed E-state index contributed by atoms with van der Waals surface area (Å²) in [7, 11) is 0. The number of benzene rings is 1. The molecule has 1 rings (SSSR count). The van der Waals surface area contributed by atoms with Crippen molar-refractivity contribution in [2.45, 2.75) is 0 Å². The molecule has 0 spiro atoms. The highest BCUT2D eigenvalue weighted by molar-refractivity contribution is 6.42. The minimum absolute atomic E-state index is 0.0237. The molecule has 0 aliphatic rings. The second kappa shape index (κ2) is 3.52. The molecule has 0 atom stereocenters. The van der Waals surface area contributed by atoms with Crippen LogP contribution in [-0.2, 0) is 0 Å². The molecule has 0 unspecified atom stereocenters. The minimum Gasteiger partial charge on any atom is -0.505 e. The van der Waals surface area contributed by atoms with E-state index in [-0.39, 0.29) is 26.4 Å². The molecule has 1 aromatic rings. The smallest absolute Gasteiger partial charge is 0.153 e. The second-order valence-electron chi connectivity index (χ2n) is 2.03. The summed E-state index contributed by atoms with van der Waals surface area (Å²) in [6, 6.07) is 1.26. The van der Waals surface area contributed by atoms with Gasteiger partial charge in [0.25, 0.3) is 0 Å². The Morgan fingerprint density at radius 1 is 1.25 bits per heavy atom. The third kappa shape index (κ3) is 1.51. The van der Waals surface area contributed by atoms with Gasteiger partial charge in [0.05, 0.1) is 20.6 Å². The van der Waals surface area contributed by atoms with Gasteiger partial charge in [0.15, 0.2) is 12.0 Å². The number of hydrogen-bond donors (Lipinski definition) is 1. The lowest BCUT2D eigenvalue weighted by Crippen LogP contribution is -1.85. The van der Waals surface area contributed by atoms with Crippen LogP contribution in [0.2, 0.25) is 15.1 Å². The maximum absolute atomic E-state index is 10.4. The average molecular weight is 225 g/mol. The topological polar surface area (TPSA) is 37.3 Å². The molecule has 0 bridgehead atoms. The fraction of sp³-hybridized carbons (Fsp3) is 0. The second-order valence-corrected chi connectivity index (χ2v) is 3.23. The SMILES string of the molecule is O=Cc1c(Cl)cc(Cl)c(O)c1Cl. The molecule has 0 fully saturated rings. The molecule has 64 valence electrons. The van der Waals surface area contributed by atoms with Crippen molar-refractivity contribution in [2.75, 3.05) is 0 Å². The van der Waals surface area contributed by atoms with E-state index in [1.54, 1.807) is 0 Å². The summed E-state index contributed by atoms with van der Waals surface area (Å²) in [5, 5.41) is 9.19. The molecule has 0 aliphatic heterocycles. The van der Waals surface area contributed by atoms with E-state index in [9.17, 15) is 4.79 Å². The summed E-state index contributed by atoms with van der Waals surface area (Å²) in [5.74, 6) is -0.329. The zero-order valence-electron chi connectivity index (χ0n) is 5.64. The highest BCUT2D eigenvalue weighted by Crippen LogP contribution is 2.37. The fourth-order valence-corrected chi connectivity index (χ4v) is 1.56. The van der Waals surface area contributed by atoms with Crippen LogP contribution in [0.4, 0.5) is 0 Å². The van der Waals surface area contributed by atoms with Gasteiger partial charge in [-0.2, -0.15) is 0 Å². The molecule has 1 N–H and O–H groups in total. The Kier molecular flexibility index (Phi) is 2.83. The first-order valence-electron chi connectivity index (χ1n) is 2.89. The number of carbonyl (C=O) groups excluding carboxylic acids is 1. The van der Waals surface area contributed by atoms with Crippen molar-refractivity contribution in [3.8, 4) is 5.75 Å². The Morgan fingerprint density at radius 2 is 1.83 bits per heavy atom. The fourth-order valence-electron chi connectivity index (χ4n) is 0.703. The van der Waals surface area contributed by atoms with Crippen LogP contribution < -0.4 is 0 Å². The number of aldehydes is 1. The third-order valence-corrected chi connectivity index (χ3v) is 2.28. The molecule has 0 heterocycles. The van der Waals surface area contributed by atoms with Crippen LogP contribution in [0.3, 0.4) is 0 Å². The Bertz CT molecular complexity index is 336. The van der Waals surface area contributed by atoms with Crippen molar-refractivity contribution in [3.05, 3.63) is 26.7 Å². The summed E-state index contributed by atoms with van der Waals surface area (Å²) in [6.07, 6.45) is 0.459. The summed E-state index contributed by atoms with van der Waals surface area (Å²) in [6.45, 7) is 0. The van der Waals surface area contributed by atoms with Crippen molar-refractivity contribution < 1.29 is 9.90 Å². The van der Waals surface area contributed by atoms with Crippen LogP contribution in [-0.4, -0.2) is 11.4 Å². The summed E-state index contributed by atoms with van der Waals surface area (Å²) >= 11 is 16.7. The number of carbonyl (C=O) groups is 1. The molecular formula is C7H3Cl3O2. The average Bonchev–Trinajstić information content (AvgIpc) is 2.01. The Morgan fingerprint density at radius 3 is 2.33 bits per heavy atom. The van der Waals surface area contributed by atoms with Gasteiger partial charge >= 0.3 is 0 Å². The third-order valence-electron chi connectivity index (χ3n) is 1.30.